The van der Waals surface area contributed by atoms with Crippen LogP contribution < -0.4 is 5.32 Å². The molecule has 0 saturated carbocycles. The predicted molar refractivity (Wildman–Crippen MR) is 103 cm³/mol. The number of piperidine rings is 1. The monoisotopic (exact) mass is 354 g/mol. The van der Waals surface area contributed by atoms with Crippen LogP contribution >= 0.6 is 0 Å². The largest absolute Gasteiger partial charge is 0.390 e. The second-order valence-corrected chi connectivity index (χ2v) is 8.22. The van der Waals surface area contributed by atoms with Gasteiger partial charge in [0.2, 0.25) is 0 Å². The summed E-state index contributed by atoms with van der Waals surface area (Å²) in [5, 5.41) is 19.3. The van der Waals surface area contributed by atoms with Gasteiger partial charge in [0.15, 0.2) is 0 Å². The maximum absolute atomic E-state index is 11.4. The fraction of sp³-hybridized carbons (Fsp3) is 0.571. The van der Waals surface area contributed by atoms with Crippen LogP contribution in [0.5, 0.6) is 0 Å². The number of aromatic nitrogens is 2. The van der Waals surface area contributed by atoms with Crippen molar-refractivity contribution in [3.05, 3.63) is 53.3 Å². The predicted octanol–water partition coefficient (Wildman–Crippen LogP) is 2.63. The van der Waals surface area contributed by atoms with Gasteiger partial charge < -0.3 is 10.4 Å². The third kappa shape index (κ3) is 2.79. The van der Waals surface area contributed by atoms with Gasteiger partial charge in [-0.1, -0.05) is 24.3 Å². The van der Waals surface area contributed by atoms with Crippen molar-refractivity contribution in [1.82, 2.24) is 20.0 Å². The van der Waals surface area contributed by atoms with E-state index < -0.39 is 0 Å². The number of hydrogen-bond donors (Lipinski definition) is 2. The molecule has 5 heteroatoms. The van der Waals surface area contributed by atoms with E-state index in [0.717, 1.165) is 32.5 Å². The van der Waals surface area contributed by atoms with Crippen molar-refractivity contribution in [2.24, 2.45) is 0 Å². The second kappa shape index (κ2) is 6.80. The topological polar surface area (TPSA) is 53.3 Å². The summed E-state index contributed by atoms with van der Waals surface area (Å²) >= 11 is 0. The number of nitrogens with zero attached hydrogens (tertiary/aromatic N) is 3. The lowest BCUT2D eigenvalue weighted by molar-refractivity contribution is 0.00419. The SMILES string of the molecule is CC(C)n1cc(CN(C)[C@H]2c3ccccc3C3(CCNCC3)[C@@H]2O)cn1. The van der Waals surface area contributed by atoms with Gasteiger partial charge in [0.25, 0.3) is 0 Å². The molecule has 2 N–H and O–H groups in total. The molecule has 5 nitrogen and oxygen atoms in total. The molecule has 4 rings (SSSR count). The van der Waals surface area contributed by atoms with Crippen molar-refractivity contribution < 1.29 is 5.11 Å². The molecule has 0 unspecified atom stereocenters. The van der Waals surface area contributed by atoms with Gasteiger partial charge in [0, 0.05) is 29.8 Å². The van der Waals surface area contributed by atoms with E-state index in [9.17, 15) is 5.11 Å². The average molecular weight is 354 g/mol. The number of aliphatic hydroxyl groups excluding tert-OH is 1. The Balaban J connectivity index is 1.63. The summed E-state index contributed by atoms with van der Waals surface area (Å²) in [6, 6.07) is 9.05. The highest BCUT2D eigenvalue weighted by Crippen LogP contribution is 2.51. The van der Waals surface area contributed by atoms with Crippen LogP contribution in [0.25, 0.3) is 0 Å². The molecule has 1 aliphatic heterocycles. The number of likely N-dealkylation sites (N-methyl/N-ethyl adjacent to an activating group) is 1. The minimum Gasteiger partial charge on any atom is -0.390 e. The van der Waals surface area contributed by atoms with Crippen molar-refractivity contribution in [2.75, 3.05) is 20.1 Å². The number of benzene rings is 1. The first-order valence-electron chi connectivity index (χ1n) is 9.74. The van der Waals surface area contributed by atoms with Gasteiger partial charge in [0.1, 0.15) is 0 Å². The van der Waals surface area contributed by atoms with E-state index in [1.54, 1.807) is 0 Å². The lowest BCUT2D eigenvalue weighted by atomic mass is 9.72. The van der Waals surface area contributed by atoms with Gasteiger partial charge in [-0.05, 0) is 58.0 Å². The molecule has 26 heavy (non-hydrogen) atoms. The highest BCUT2D eigenvalue weighted by atomic mass is 16.3. The van der Waals surface area contributed by atoms with Crippen LogP contribution in [-0.2, 0) is 12.0 Å². The van der Waals surface area contributed by atoms with E-state index in [1.165, 1.54) is 16.7 Å². The fourth-order valence-corrected chi connectivity index (χ4v) is 4.88. The van der Waals surface area contributed by atoms with Gasteiger partial charge in [-0.15, -0.1) is 0 Å². The van der Waals surface area contributed by atoms with E-state index >= 15 is 0 Å². The molecule has 2 atom stereocenters. The molecule has 0 bridgehead atoms. The normalized spacial score (nSPS) is 24.5. The Morgan fingerprint density at radius 3 is 2.73 bits per heavy atom. The van der Waals surface area contributed by atoms with Crippen LogP contribution in [0, 0.1) is 0 Å². The lowest BCUT2D eigenvalue weighted by Gasteiger charge is -2.40. The van der Waals surface area contributed by atoms with Gasteiger partial charge in [-0.2, -0.15) is 5.10 Å². The molecule has 1 fully saturated rings. The first-order valence-corrected chi connectivity index (χ1v) is 9.74. The Labute approximate surface area is 156 Å². The lowest BCUT2D eigenvalue weighted by Crippen LogP contribution is -2.48. The molecule has 0 radical (unpaired) electrons. The van der Waals surface area contributed by atoms with Crippen molar-refractivity contribution >= 4 is 0 Å². The van der Waals surface area contributed by atoms with Crippen LogP contribution in [0.15, 0.2) is 36.7 Å². The molecule has 1 saturated heterocycles. The Morgan fingerprint density at radius 2 is 2.04 bits per heavy atom. The van der Waals surface area contributed by atoms with Crippen molar-refractivity contribution in [1.29, 1.82) is 0 Å². The molecule has 140 valence electrons. The summed E-state index contributed by atoms with van der Waals surface area (Å²) in [6.45, 7) is 7.01. The summed E-state index contributed by atoms with van der Waals surface area (Å²) in [7, 11) is 2.12. The van der Waals surface area contributed by atoms with Crippen molar-refractivity contribution in [2.45, 2.75) is 56.8 Å². The van der Waals surface area contributed by atoms with E-state index in [4.69, 9.17) is 0 Å². The van der Waals surface area contributed by atoms with E-state index in [1.807, 2.05) is 10.9 Å². The summed E-state index contributed by atoms with van der Waals surface area (Å²) in [5.41, 5.74) is 3.73. The Morgan fingerprint density at radius 1 is 1.31 bits per heavy atom. The first kappa shape index (κ1) is 17.7. The summed E-state index contributed by atoms with van der Waals surface area (Å²) < 4.78 is 2.00. The number of hydrogen-bond acceptors (Lipinski definition) is 4. The van der Waals surface area contributed by atoms with Gasteiger partial charge in [-0.3, -0.25) is 9.58 Å². The first-order chi connectivity index (χ1) is 12.5. The molecule has 0 amide bonds. The zero-order chi connectivity index (χ0) is 18.3. The third-order valence-electron chi connectivity index (χ3n) is 6.27. The molecule has 1 aromatic carbocycles. The molecule has 2 heterocycles. The van der Waals surface area contributed by atoms with Gasteiger partial charge >= 0.3 is 0 Å². The second-order valence-electron chi connectivity index (χ2n) is 8.22. The summed E-state index contributed by atoms with van der Waals surface area (Å²) in [6.07, 6.45) is 5.70. The molecule has 2 aliphatic rings. The van der Waals surface area contributed by atoms with E-state index in [0.29, 0.717) is 6.04 Å². The van der Waals surface area contributed by atoms with Gasteiger partial charge in [0.05, 0.1) is 18.3 Å². The fourth-order valence-electron chi connectivity index (χ4n) is 4.88. The number of nitrogens with one attached hydrogen (secondary N) is 1. The van der Waals surface area contributed by atoms with E-state index in [2.05, 4.69) is 66.7 Å². The Kier molecular flexibility index (Phi) is 4.63. The Hall–Kier alpha value is -1.69. The maximum Gasteiger partial charge on any atom is 0.0834 e. The minimum absolute atomic E-state index is 0.0340. The molecule has 1 aliphatic carbocycles. The van der Waals surface area contributed by atoms with Crippen LogP contribution in [0.4, 0.5) is 0 Å². The number of fused-ring (bicyclic) bond motifs is 2. The molecular weight excluding hydrogens is 324 g/mol. The quantitative estimate of drug-likeness (QED) is 0.886. The van der Waals surface area contributed by atoms with Crippen molar-refractivity contribution in [3.63, 3.8) is 0 Å². The Bertz CT molecular complexity index is 763. The third-order valence-corrected chi connectivity index (χ3v) is 6.27. The molecule has 2 aromatic rings. The van der Waals surface area contributed by atoms with Crippen LogP contribution in [-0.4, -0.2) is 46.0 Å². The summed E-state index contributed by atoms with van der Waals surface area (Å²) in [4.78, 5) is 2.29. The van der Waals surface area contributed by atoms with Crippen LogP contribution in [0.2, 0.25) is 0 Å². The van der Waals surface area contributed by atoms with Gasteiger partial charge in [-0.25, -0.2) is 0 Å². The zero-order valence-corrected chi connectivity index (χ0v) is 16.0. The number of aliphatic hydroxyl groups is 1. The zero-order valence-electron chi connectivity index (χ0n) is 16.0. The number of rotatable bonds is 4. The standard InChI is InChI=1S/C21H30N4O/c1-15(2)25-14-16(12-23-25)13-24(3)19-17-6-4-5-7-18(17)21(20(19)26)8-10-22-11-9-21/h4-7,12,14-15,19-20,22,26H,8-11,13H2,1-3H3/t19-,20+/m0/s1. The van der Waals surface area contributed by atoms with Crippen LogP contribution in [0.3, 0.4) is 0 Å². The minimum atomic E-state index is -0.368. The molecule has 1 spiro atoms. The molecule has 1 aromatic heterocycles. The smallest absolute Gasteiger partial charge is 0.0834 e. The highest BCUT2D eigenvalue weighted by molar-refractivity contribution is 5.45. The highest BCUT2D eigenvalue weighted by Gasteiger charge is 2.52. The average Bonchev–Trinajstić information content (AvgIpc) is 3.19. The maximum atomic E-state index is 11.4. The van der Waals surface area contributed by atoms with Crippen LogP contribution in [0.1, 0.15) is 55.5 Å². The molecular formula is C21H30N4O. The van der Waals surface area contributed by atoms with E-state index in [-0.39, 0.29) is 17.6 Å². The van der Waals surface area contributed by atoms with Crippen molar-refractivity contribution in [3.8, 4) is 0 Å². The summed E-state index contributed by atoms with van der Waals surface area (Å²) in [5.74, 6) is 0.